The maximum Gasteiger partial charge on any atom is 0.326 e. The number of halogens is 1. The molecule has 4 aromatic rings. The monoisotopic (exact) mass is 518 g/mol. The summed E-state index contributed by atoms with van der Waals surface area (Å²) in [5, 5.41) is 17.8. The third kappa shape index (κ3) is 4.94. The maximum atomic E-state index is 14.7. The van der Waals surface area contributed by atoms with Crippen molar-refractivity contribution in [2.24, 2.45) is 4.99 Å². The fourth-order valence-electron chi connectivity index (χ4n) is 4.63. The van der Waals surface area contributed by atoms with Crippen molar-refractivity contribution in [2.45, 2.75) is 31.7 Å². The fraction of sp³-hybridized carbons (Fsp3) is 0.346. The Balaban J connectivity index is 1.38. The largest absolute Gasteiger partial charge is 0.493 e. The van der Waals surface area contributed by atoms with Gasteiger partial charge in [-0.25, -0.2) is 14.2 Å². The normalized spacial score (nSPS) is 17.1. The van der Waals surface area contributed by atoms with Crippen LogP contribution in [0.3, 0.4) is 0 Å². The highest BCUT2D eigenvalue weighted by Crippen LogP contribution is 2.23. The number of hydrogen-bond acceptors (Lipinski definition) is 7. The minimum atomic E-state index is -0.610. The van der Waals surface area contributed by atoms with Gasteiger partial charge in [-0.3, -0.25) is 14.8 Å². The number of fused-ring (bicyclic) bond motifs is 1. The van der Waals surface area contributed by atoms with Crippen molar-refractivity contribution < 1.29 is 14.3 Å². The zero-order chi connectivity index (χ0) is 26.2. The molecule has 3 aromatic heterocycles. The predicted octanol–water partition coefficient (Wildman–Crippen LogP) is 0.694. The van der Waals surface area contributed by atoms with E-state index in [1.165, 1.54) is 12.1 Å². The zero-order valence-corrected chi connectivity index (χ0v) is 20.6. The number of nitrogens with zero attached hydrogens (tertiary/aromatic N) is 5. The van der Waals surface area contributed by atoms with E-state index in [4.69, 9.17) is 9.98 Å². The quantitative estimate of drug-likeness (QED) is 0.284. The van der Waals surface area contributed by atoms with E-state index in [-0.39, 0.29) is 23.2 Å². The number of hydrogen-bond donors (Lipinski definition) is 4. The Hall–Kier alpha value is -4.32. The van der Waals surface area contributed by atoms with Gasteiger partial charge in [0.2, 0.25) is 5.88 Å². The molecule has 0 radical (unpaired) electrons. The van der Waals surface area contributed by atoms with Crippen molar-refractivity contribution in [3.8, 4) is 17.1 Å². The van der Waals surface area contributed by atoms with Crippen LogP contribution in [-0.4, -0.2) is 72.7 Å². The first-order chi connectivity index (χ1) is 18.4. The number of imidazole rings is 1. The lowest BCUT2D eigenvalue weighted by Gasteiger charge is -2.15. The Kier molecular flexibility index (Phi) is 6.24. The molecule has 12 heteroatoms. The third-order valence-electron chi connectivity index (χ3n) is 6.80. The predicted molar refractivity (Wildman–Crippen MR) is 137 cm³/mol. The molecule has 6 rings (SSSR count). The first kappa shape index (κ1) is 24.0. The third-order valence-corrected chi connectivity index (χ3v) is 6.80. The van der Waals surface area contributed by atoms with E-state index in [9.17, 15) is 19.1 Å². The van der Waals surface area contributed by atoms with Crippen LogP contribution in [-0.2, 0) is 0 Å². The lowest BCUT2D eigenvalue weighted by Crippen LogP contribution is -2.33. The number of carbonyl (C=O) groups excluding carboxylic acids is 1. The standard InChI is InChI=1S/C26H27FN8O3/c27-19-6-3-15(11-18(19)24(36)28-7-10-34-8-1-2-9-34)20-13-22(30-17-4-5-17)35-23(31-20)16(14-29-35)12-21-25(37)33-26(38)32-21/h3,6,11-14,17,37H,1-2,4-5,7-10H2,(H,28,36)(H2,32,33,38). The van der Waals surface area contributed by atoms with E-state index in [1.54, 1.807) is 28.9 Å². The molecule has 4 heterocycles. The summed E-state index contributed by atoms with van der Waals surface area (Å²) in [5.74, 6) is -1.38. The Morgan fingerprint density at radius 2 is 2.05 bits per heavy atom. The van der Waals surface area contributed by atoms with Gasteiger partial charge in [-0.2, -0.15) is 9.61 Å². The smallest absolute Gasteiger partial charge is 0.326 e. The van der Waals surface area contributed by atoms with Gasteiger partial charge in [-0.15, -0.1) is 0 Å². The van der Waals surface area contributed by atoms with Crippen molar-refractivity contribution in [2.75, 3.05) is 26.2 Å². The summed E-state index contributed by atoms with van der Waals surface area (Å²) in [5.41, 5.74) is 1.64. The highest BCUT2D eigenvalue weighted by Gasteiger charge is 2.21. The molecule has 0 bridgehead atoms. The Bertz CT molecular complexity index is 1700. The second-order valence-corrected chi connectivity index (χ2v) is 9.68. The van der Waals surface area contributed by atoms with Gasteiger partial charge in [0.05, 0.1) is 23.5 Å². The molecule has 1 amide bonds. The number of benzene rings is 1. The van der Waals surface area contributed by atoms with Crippen LogP contribution >= 0.6 is 0 Å². The van der Waals surface area contributed by atoms with Crippen LogP contribution in [0.2, 0.25) is 0 Å². The van der Waals surface area contributed by atoms with Crippen molar-refractivity contribution in [1.82, 2.24) is 34.8 Å². The van der Waals surface area contributed by atoms with Crippen molar-refractivity contribution in [1.29, 1.82) is 0 Å². The van der Waals surface area contributed by atoms with Gasteiger partial charge >= 0.3 is 5.69 Å². The first-order valence-corrected chi connectivity index (χ1v) is 12.7. The molecule has 11 nitrogen and oxygen atoms in total. The summed E-state index contributed by atoms with van der Waals surface area (Å²) >= 11 is 0. The number of amides is 1. The number of aromatic nitrogens is 5. The molecule has 0 unspecified atom stereocenters. The highest BCUT2D eigenvalue weighted by atomic mass is 19.1. The number of rotatable bonds is 7. The summed E-state index contributed by atoms with van der Waals surface area (Å²) < 4.78 is 16.3. The van der Waals surface area contributed by atoms with Gasteiger partial charge in [-0.05, 0) is 63.0 Å². The number of aromatic amines is 2. The minimum Gasteiger partial charge on any atom is -0.493 e. The van der Waals surface area contributed by atoms with Gasteiger partial charge in [0, 0.05) is 29.9 Å². The summed E-state index contributed by atoms with van der Waals surface area (Å²) in [6.45, 7) is 3.23. The number of nitrogens with one attached hydrogen (secondary N) is 3. The van der Waals surface area contributed by atoms with Crippen LogP contribution in [0.5, 0.6) is 5.88 Å². The Labute approximate surface area is 215 Å². The maximum absolute atomic E-state index is 14.7. The molecule has 4 N–H and O–H groups in total. The van der Waals surface area contributed by atoms with E-state index in [2.05, 4.69) is 25.3 Å². The fourth-order valence-corrected chi connectivity index (χ4v) is 4.63. The van der Waals surface area contributed by atoms with Crippen molar-refractivity contribution in [3.63, 3.8) is 0 Å². The molecule has 38 heavy (non-hydrogen) atoms. The molecular formula is C26H27FN8O3. The van der Waals surface area contributed by atoms with E-state index >= 15 is 0 Å². The first-order valence-electron chi connectivity index (χ1n) is 12.7. The molecule has 1 aliphatic heterocycles. The van der Waals surface area contributed by atoms with E-state index < -0.39 is 17.4 Å². The highest BCUT2D eigenvalue weighted by molar-refractivity contribution is 5.95. The minimum absolute atomic E-state index is 0.0543. The number of aromatic hydroxyl groups is 1. The van der Waals surface area contributed by atoms with Crippen LogP contribution in [0.4, 0.5) is 4.39 Å². The second-order valence-electron chi connectivity index (χ2n) is 9.68. The lowest BCUT2D eigenvalue weighted by atomic mass is 10.1. The topological polar surface area (TPSA) is 144 Å². The van der Waals surface area contributed by atoms with Crippen LogP contribution in [0.1, 0.15) is 41.7 Å². The molecule has 1 saturated heterocycles. The van der Waals surface area contributed by atoms with Crippen molar-refractivity contribution >= 4 is 17.6 Å². The van der Waals surface area contributed by atoms with Gasteiger partial charge in [0.1, 0.15) is 11.5 Å². The lowest BCUT2D eigenvalue weighted by molar-refractivity contribution is 0.0945. The van der Waals surface area contributed by atoms with Gasteiger partial charge in [0.15, 0.2) is 11.1 Å². The molecule has 196 valence electrons. The molecular weight excluding hydrogens is 491 g/mol. The van der Waals surface area contributed by atoms with Gasteiger partial charge < -0.3 is 20.3 Å². The van der Waals surface area contributed by atoms with Crippen LogP contribution < -0.4 is 21.7 Å². The molecule has 2 fully saturated rings. The summed E-state index contributed by atoms with van der Waals surface area (Å²) in [6.07, 6.45) is 7.41. The summed E-state index contributed by atoms with van der Waals surface area (Å²) in [4.78, 5) is 40.9. The van der Waals surface area contributed by atoms with Crippen molar-refractivity contribution in [3.05, 3.63) is 68.7 Å². The van der Waals surface area contributed by atoms with Crippen LogP contribution in [0.25, 0.3) is 23.0 Å². The molecule has 0 spiro atoms. The average Bonchev–Trinajstić information content (AvgIpc) is 3.24. The van der Waals surface area contributed by atoms with E-state index in [1.807, 2.05) is 0 Å². The molecule has 0 atom stereocenters. The molecule has 2 aliphatic rings. The van der Waals surface area contributed by atoms with E-state index in [0.717, 1.165) is 45.3 Å². The van der Waals surface area contributed by atoms with Gasteiger partial charge in [-0.1, -0.05) is 0 Å². The number of carbonyl (C=O) groups is 1. The Morgan fingerprint density at radius 1 is 1.24 bits per heavy atom. The second kappa shape index (κ2) is 9.86. The molecule has 1 aromatic carbocycles. The zero-order valence-electron chi connectivity index (χ0n) is 20.6. The average molecular weight is 519 g/mol. The summed E-state index contributed by atoms with van der Waals surface area (Å²) in [7, 11) is 0. The molecule has 1 aliphatic carbocycles. The molecule has 1 saturated carbocycles. The number of H-pyrrole nitrogens is 2. The van der Waals surface area contributed by atoms with E-state index in [0.29, 0.717) is 34.2 Å². The van der Waals surface area contributed by atoms with Gasteiger partial charge in [0.25, 0.3) is 5.91 Å². The van der Waals surface area contributed by atoms with Crippen LogP contribution in [0.15, 0.2) is 40.2 Å². The van der Waals surface area contributed by atoms with Crippen LogP contribution in [0, 0.1) is 5.82 Å². The Morgan fingerprint density at radius 3 is 2.79 bits per heavy atom. The number of likely N-dealkylation sites (tertiary alicyclic amines) is 1. The summed E-state index contributed by atoms with van der Waals surface area (Å²) in [6, 6.07) is 6.29. The SMILES string of the molecule is O=C(NCCN1CCCC1)c1cc(-c2cc(=NC3CC3)n3ncc(=Cc4[nH]c(=O)[nH]c4O)c3n2)ccc1F.